The molecule has 1 aliphatic rings. The molecule has 1 aliphatic heterocycles. The zero-order chi connectivity index (χ0) is 21.0. The maximum atomic E-state index is 12.2. The molecule has 0 saturated heterocycles. The van der Waals surface area contributed by atoms with Crippen LogP contribution in [0.4, 0.5) is 17.1 Å². The van der Waals surface area contributed by atoms with Crippen LogP contribution in [-0.4, -0.2) is 35.5 Å². The standard InChI is InChI=1S/C20H19N3O5S/c1-11-19(26)23-16-9-13(3-8-17(16)29-11)20(27)28-10-18(25)22-15-6-4-14(5-7-15)21-12(2)24/h3-9,11H,10H2,1-2H3,(H,21,24)(H,22,25)(H,23,26). The van der Waals surface area contributed by atoms with Crippen molar-refractivity contribution in [3.63, 3.8) is 0 Å². The second-order valence-corrected chi connectivity index (χ2v) is 7.73. The Morgan fingerprint density at radius 1 is 1.07 bits per heavy atom. The molecular weight excluding hydrogens is 394 g/mol. The normalized spacial score (nSPS) is 15.0. The van der Waals surface area contributed by atoms with Crippen molar-refractivity contribution >= 4 is 52.5 Å². The number of amides is 3. The monoisotopic (exact) mass is 413 g/mol. The molecule has 3 rings (SSSR count). The van der Waals surface area contributed by atoms with Gasteiger partial charge in [0.1, 0.15) is 0 Å². The molecule has 3 N–H and O–H groups in total. The third kappa shape index (κ3) is 5.35. The van der Waals surface area contributed by atoms with Crippen molar-refractivity contribution in [2.45, 2.75) is 24.0 Å². The Kier molecular flexibility index (Phi) is 6.18. The van der Waals surface area contributed by atoms with Gasteiger partial charge in [0.15, 0.2) is 6.61 Å². The molecule has 9 heteroatoms. The van der Waals surface area contributed by atoms with Gasteiger partial charge in [-0.2, -0.15) is 0 Å². The molecule has 0 aliphatic carbocycles. The topological polar surface area (TPSA) is 114 Å². The maximum Gasteiger partial charge on any atom is 0.338 e. The van der Waals surface area contributed by atoms with Crippen LogP contribution in [0.2, 0.25) is 0 Å². The molecular formula is C20H19N3O5S. The van der Waals surface area contributed by atoms with E-state index < -0.39 is 18.5 Å². The van der Waals surface area contributed by atoms with Crippen molar-refractivity contribution < 1.29 is 23.9 Å². The molecule has 1 unspecified atom stereocenters. The highest BCUT2D eigenvalue weighted by molar-refractivity contribution is 8.00. The van der Waals surface area contributed by atoms with E-state index in [2.05, 4.69) is 16.0 Å². The summed E-state index contributed by atoms with van der Waals surface area (Å²) in [5.41, 5.74) is 1.90. The zero-order valence-electron chi connectivity index (χ0n) is 15.8. The zero-order valence-corrected chi connectivity index (χ0v) is 16.6. The van der Waals surface area contributed by atoms with E-state index in [4.69, 9.17) is 4.74 Å². The first-order chi connectivity index (χ1) is 13.8. The van der Waals surface area contributed by atoms with Gasteiger partial charge in [-0.3, -0.25) is 14.4 Å². The molecule has 2 aromatic carbocycles. The summed E-state index contributed by atoms with van der Waals surface area (Å²) in [4.78, 5) is 47.9. The third-order valence-electron chi connectivity index (χ3n) is 3.97. The van der Waals surface area contributed by atoms with Crippen LogP contribution in [0.25, 0.3) is 0 Å². The Hall–Kier alpha value is -3.33. The molecule has 29 heavy (non-hydrogen) atoms. The lowest BCUT2D eigenvalue weighted by Gasteiger charge is -2.21. The van der Waals surface area contributed by atoms with Gasteiger partial charge in [-0.05, 0) is 49.4 Å². The molecule has 0 saturated carbocycles. The highest BCUT2D eigenvalue weighted by Gasteiger charge is 2.24. The van der Waals surface area contributed by atoms with Crippen molar-refractivity contribution in [3.8, 4) is 0 Å². The fourth-order valence-electron chi connectivity index (χ4n) is 2.59. The molecule has 0 aromatic heterocycles. The number of benzene rings is 2. The average Bonchev–Trinajstić information content (AvgIpc) is 2.68. The minimum Gasteiger partial charge on any atom is -0.452 e. The Bertz CT molecular complexity index is 975. The summed E-state index contributed by atoms with van der Waals surface area (Å²) in [5.74, 6) is -1.48. The molecule has 1 heterocycles. The predicted octanol–water partition coefficient (Wildman–Crippen LogP) is 2.87. The van der Waals surface area contributed by atoms with Crippen LogP contribution < -0.4 is 16.0 Å². The number of carbonyl (C=O) groups excluding carboxylic acids is 4. The van der Waals surface area contributed by atoms with Gasteiger partial charge >= 0.3 is 5.97 Å². The lowest BCUT2D eigenvalue weighted by Crippen LogP contribution is -2.26. The number of hydrogen-bond acceptors (Lipinski definition) is 6. The van der Waals surface area contributed by atoms with Gasteiger partial charge in [0.25, 0.3) is 5.91 Å². The van der Waals surface area contributed by atoms with Crippen LogP contribution in [-0.2, 0) is 19.1 Å². The first-order valence-corrected chi connectivity index (χ1v) is 9.66. The smallest absolute Gasteiger partial charge is 0.338 e. The Morgan fingerprint density at radius 2 is 1.72 bits per heavy atom. The van der Waals surface area contributed by atoms with Crippen LogP contribution in [0.15, 0.2) is 47.4 Å². The number of hydrogen-bond donors (Lipinski definition) is 3. The highest BCUT2D eigenvalue weighted by Crippen LogP contribution is 2.36. The number of thioether (sulfide) groups is 1. The molecule has 150 valence electrons. The second-order valence-electron chi connectivity index (χ2n) is 6.34. The molecule has 8 nitrogen and oxygen atoms in total. The predicted molar refractivity (Wildman–Crippen MR) is 110 cm³/mol. The number of nitrogens with one attached hydrogen (secondary N) is 3. The van der Waals surface area contributed by atoms with E-state index >= 15 is 0 Å². The van der Waals surface area contributed by atoms with E-state index in [-0.39, 0.29) is 22.6 Å². The van der Waals surface area contributed by atoms with Crippen molar-refractivity contribution in [2.75, 3.05) is 22.6 Å². The molecule has 2 aromatic rings. The molecule has 0 fully saturated rings. The SMILES string of the molecule is CC(=O)Nc1ccc(NC(=O)COC(=O)c2ccc3c(c2)NC(=O)C(C)S3)cc1. The highest BCUT2D eigenvalue weighted by atomic mass is 32.2. The average molecular weight is 413 g/mol. The molecule has 0 spiro atoms. The number of esters is 1. The lowest BCUT2D eigenvalue weighted by molar-refractivity contribution is -0.119. The quantitative estimate of drug-likeness (QED) is 0.650. The van der Waals surface area contributed by atoms with Crippen LogP contribution >= 0.6 is 11.8 Å². The summed E-state index contributed by atoms with van der Waals surface area (Å²) in [5, 5.41) is 7.77. The number of ether oxygens (including phenoxy) is 1. The van der Waals surface area contributed by atoms with Gasteiger partial charge < -0.3 is 20.7 Å². The number of fused-ring (bicyclic) bond motifs is 1. The van der Waals surface area contributed by atoms with Crippen LogP contribution in [0.1, 0.15) is 24.2 Å². The Balaban J connectivity index is 1.54. The van der Waals surface area contributed by atoms with E-state index in [0.717, 1.165) is 4.90 Å². The van der Waals surface area contributed by atoms with Gasteiger partial charge in [-0.1, -0.05) is 0 Å². The molecule has 0 bridgehead atoms. The van der Waals surface area contributed by atoms with Gasteiger partial charge in [-0.15, -0.1) is 11.8 Å². The molecule has 3 amide bonds. The second kappa shape index (κ2) is 8.78. The van der Waals surface area contributed by atoms with Crippen LogP contribution in [0, 0.1) is 0 Å². The number of rotatable bonds is 5. The maximum absolute atomic E-state index is 12.2. The minimum atomic E-state index is -0.665. The number of anilines is 3. The Morgan fingerprint density at radius 3 is 2.38 bits per heavy atom. The summed E-state index contributed by atoms with van der Waals surface area (Å²) >= 11 is 1.41. The molecule has 0 radical (unpaired) electrons. The van der Waals surface area contributed by atoms with Gasteiger partial charge in [0, 0.05) is 23.2 Å². The summed E-state index contributed by atoms with van der Waals surface area (Å²) in [6.07, 6.45) is 0. The van der Waals surface area contributed by atoms with E-state index in [9.17, 15) is 19.2 Å². The van der Waals surface area contributed by atoms with Crippen molar-refractivity contribution in [2.24, 2.45) is 0 Å². The van der Waals surface area contributed by atoms with E-state index in [1.165, 1.54) is 24.8 Å². The minimum absolute atomic E-state index is 0.128. The first-order valence-electron chi connectivity index (χ1n) is 8.78. The van der Waals surface area contributed by atoms with Gasteiger partial charge in [-0.25, -0.2) is 4.79 Å². The summed E-state index contributed by atoms with van der Waals surface area (Å²) in [7, 11) is 0. The van der Waals surface area contributed by atoms with Gasteiger partial charge in [0.2, 0.25) is 11.8 Å². The summed E-state index contributed by atoms with van der Waals surface area (Å²) in [6, 6.07) is 11.4. The van der Waals surface area contributed by atoms with Crippen molar-refractivity contribution in [1.29, 1.82) is 0 Å². The summed E-state index contributed by atoms with van der Waals surface area (Å²) < 4.78 is 5.05. The van der Waals surface area contributed by atoms with E-state index in [1.54, 1.807) is 43.3 Å². The van der Waals surface area contributed by atoms with Crippen molar-refractivity contribution in [1.82, 2.24) is 0 Å². The van der Waals surface area contributed by atoms with Crippen LogP contribution in [0.5, 0.6) is 0 Å². The fraction of sp³-hybridized carbons (Fsp3) is 0.200. The molecule has 1 atom stereocenters. The number of carbonyl (C=O) groups is 4. The summed E-state index contributed by atoms with van der Waals surface area (Å²) in [6.45, 7) is 2.75. The van der Waals surface area contributed by atoms with E-state index in [0.29, 0.717) is 17.1 Å². The van der Waals surface area contributed by atoms with E-state index in [1.807, 2.05) is 0 Å². The van der Waals surface area contributed by atoms with Gasteiger partial charge in [0.05, 0.1) is 16.5 Å². The van der Waals surface area contributed by atoms with Crippen molar-refractivity contribution in [3.05, 3.63) is 48.0 Å². The van der Waals surface area contributed by atoms with Crippen LogP contribution in [0.3, 0.4) is 0 Å². The largest absolute Gasteiger partial charge is 0.452 e. The first kappa shape index (κ1) is 20.4. The lowest BCUT2D eigenvalue weighted by atomic mass is 10.2. The fourth-order valence-corrected chi connectivity index (χ4v) is 3.52. The Labute approximate surface area is 171 Å². The third-order valence-corrected chi connectivity index (χ3v) is 5.15.